The fourth-order valence-corrected chi connectivity index (χ4v) is 2.79. The van der Waals surface area contributed by atoms with Crippen LogP contribution in [-0.2, 0) is 11.3 Å². The van der Waals surface area contributed by atoms with Crippen molar-refractivity contribution in [3.05, 3.63) is 35.9 Å². The first-order chi connectivity index (χ1) is 10.3. The summed E-state index contributed by atoms with van der Waals surface area (Å²) in [6.07, 6.45) is 7.63. The van der Waals surface area contributed by atoms with Crippen molar-refractivity contribution < 1.29 is 4.74 Å². The van der Waals surface area contributed by atoms with Crippen LogP contribution >= 0.6 is 47.8 Å². The lowest BCUT2D eigenvalue weighted by atomic mass is 10.2. The normalized spacial score (nSPS) is 10.0. The summed E-state index contributed by atoms with van der Waals surface area (Å²) in [6, 6.07) is 10.3. The molecule has 0 fully saturated rings. The number of alkyl halides is 3. The van der Waals surface area contributed by atoms with E-state index in [1.165, 1.54) is 44.1 Å². The van der Waals surface area contributed by atoms with Crippen LogP contribution in [0.25, 0.3) is 0 Å². The minimum absolute atomic E-state index is 0.745. The van der Waals surface area contributed by atoms with Crippen molar-refractivity contribution in [2.24, 2.45) is 0 Å². The summed E-state index contributed by atoms with van der Waals surface area (Å²) >= 11 is 10.1. The van der Waals surface area contributed by atoms with Crippen molar-refractivity contribution in [1.29, 1.82) is 0 Å². The Bertz CT molecular complexity index is 289. The Balaban J connectivity index is 0.000000486. The van der Waals surface area contributed by atoms with Gasteiger partial charge in [0.1, 0.15) is 0 Å². The molecular weight excluding hydrogens is 460 g/mol. The lowest BCUT2D eigenvalue weighted by molar-refractivity contribution is 0.117. The van der Waals surface area contributed by atoms with E-state index in [1.807, 2.05) is 18.2 Å². The van der Waals surface area contributed by atoms with Crippen LogP contribution in [-0.4, -0.2) is 22.6 Å². The van der Waals surface area contributed by atoms with Crippen molar-refractivity contribution in [3.8, 4) is 0 Å². The molecule has 122 valence electrons. The van der Waals surface area contributed by atoms with E-state index in [0.29, 0.717) is 0 Å². The zero-order valence-electron chi connectivity index (χ0n) is 12.7. The highest BCUT2D eigenvalue weighted by Gasteiger charge is 1.92. The Hall–Kier alpha value is 0.620. The second-order valence-electron chi connectivity index (χ2n) is 4.73. The van der Waals surface area contributed by atoms with E-state index in [-0.39, 0.29) is 0 Å². The van der Waals surface area contributed by atoms with Gasteiger partial charge in [0.15, 0.2) is 0 Å². The maximum atomic E-state index is 5.55. The molecule has 0 aliphatic carbocycles. The number of rotatable bonds is 11. The zero-order chi connectivity index (χ0) is 15.6. The quantitative estimate of drug-likeness (QED) is 0.249. The van der Waals surface area contributed by atoms with Crippen molar-refractivity contribution >= 4 is 47.8 Å². The van der Waals surface area contributed by atoms with Crippen LogP contribution in [0.5, 0.6) is 0 Å². The van der Waals surface area contributed by atoms with Crippen LogP contribution in [0.2, 0.25) is 0 Å². The molecule has 0 bridgehead atoms. The predicted molar refractivity (Wildman–Crippen MR) is 105 cm³/mol. The molecule has 0 aliphatic rings. The molecule has 0 radical (unpaired) electrons. The van der Waals surface area contributed by atoms with Gasteiger partial charge in [-0.05, 0) is 31.2 Å². The summed E-state index contributed by atoms with van der Waals surface area (Å²) in [4.78, 5) is 0. The number of benzene rings is 1. The van der Waals surface area contributed by atoms with E-state index >= 15 is 0 Å². The van der Waals surface area contributed by atoms with Gasteiger partial charge in [-0.3, -0.25) is 0 Å². The number of ether oxygens (including phenoxy) is 1. The van der Waals surface area contributed by atoms with Crippen LogP contribution in [0.4, 0.5) is 0 Å². The molecule has 0 atom stereocenters. The van der Waals surface area contributed by atoms with Gasteiger partial charge in [0, 0.05) is 22.6 Å². The number of unbranched alkanes of at least 4 members (excludes halogenated alkanes) is 4. The highest BCUT2D eigenvalue weighted by atomic mass is 79.9. The number of hydrogen-bond donors (Lipinski definition) is 0. The zero-order valence-corrected chi connectivity index (χ0v) is 17.5. The number of hydrogen-bond acceptors (Lipinski definition) is 1. The van der Waals surface area contributed by atoms with Gasteiger partial charge in [-0.2, -0.15) is 0 Å². The third-order valence-corrected chi connectivity index (χ3v) is 4.48. The van der Waals surface area contributed by atoms with Crippen molar-refractivity contribution in [2.45, 2.75) is 45.1 Å². The van der Waals surface area contributed by atoms with Gasteiger partial charge in [0.25, 0.3) is 0 Å². The Morgan fingerprint density at radius 3 is 1.71 bits per heavy atom. The summed E-state index contributed by atoms with van der Waals surface area (Å²) < 4.78 is 5.55. The van der Waals surface area contributed by atoms with E-state index in [9.17, 15) is 0 Å². The van der Waals surface area contributed by atoms with Gasteiger partial charge >= 0.3 is 0 Å². The molecule has 4 heteroatoms. The highest BCUT2D eigenvalue weighted by Crippen LogP contribution is 2.03. The summed E-state index contributed by atoms with van der Waals surface area (Å²) in [5.41, 5.74) is 1.26. The fraction of sp³-hybridized carbons (Fsp3) is 0.647. The summed E-state index contributed by atoms with van der Waals surface area (Å²) in [6.45, 7) is 1.62. The first-order valence-corrected chi connectivity index (χ1v) is 11.0. The van der Waals surface area contributed by atoms with Crippen LogP contribution < -0.4 is 0 Å². The molecule has 0 heterocycles. The van der Waals surface area contributed by atoms with E-state index < -0.39 is 0 Å². The molecule has 21 heavy (non-hydrogen) atoms. The first-order valence-electron chi connectivity index (χ1n) is 7.64. The first kappa shape index (κ1) is 21.6. The van der Waals surface area contributed by atoms with Gasteiger partial charge in [-0.1, -0.05) is 91.0 Å². The lowest BCUT2D eigenvalue weighted by Crippen LogP contribution is -1.95. The SMILES string of the molecule is BrCCCCCBr.BrCCCCCOCc1ccccc1. The smallest absolute Gasteiger partial charge is 0.0716 e. The van der Waals surface area contributed by atoms with Gasteiger partial charge in [0.2, 0.25) is 0 Å². The Morgan fingerprint density at radius 1 is 0.667 bits per heavy atom. The largest absolute Gasteiger partial charge is 0.377 e. The summed E-state index contributed by atoms with van der Waals surface area (Å²) in [5.74, 6) is 0. The molecule has 1 nitrogen and oxygen atoms in total. The third-order valence-electron chi connectivity index (χ3n) is 2.80. The molecule has 1 aromatic rings. The van der Waals surface area contributed by atoms with Gasteiger partial charge in [-0.25, -0.2) is 0 Å². The minimum atomic E-state index is 0.745. The summed E-state index contributed by atoms with van der Waals surface area (Å²) in [7, 11) is 0. The second kappa shape index (κ2) is 18.7. The van der Waals surface area contributed by atoms with Crippen LogP contribution in [0, 0.1) is 0 Å². The van der Waals surface area contributed by atoms with Crippen LogP contribution in [0.1, 0.15) is 44.1 Å². The van der Waals surface area contributed by atoms with Gasteiger partial charge in [-0.15, -0.1) is 0 Å². The van der Waals surface area contributed by atoms with Gasteiger partial charge < -0.3 is 4.74 Å². The van der Waals surface area contributed by atoms with Crippen molar-refractivity contribution in [1.82, 2.24) is 0 Å². The Morgan fingerprint density at radius 2 is 1.19 bits per heavy atom. The van der Waals surface area contributed by atoms with E-state index in [4.69, 9.17) is 4.74 Å². The van der Waals surface area contributed by atoms with E-state index in [0.717, 1.165) is 29.2 Å². The molecule has 0 saturated heterocycles. The number of halogens is 3. The average molecular weight is 487 g/mol. The van der Waals surface area contributed by atoms with Crippen LogP contribution in [0.15, 0.2) is 30.3 Å². The van der Waals surface area contributed by atoms with Crippen LogP contribution in [0.3, 0.4) is 0 Å². The Kier molecular flexibility index (Phi) is 19.2. The van der Waals surface area contributed by atoms with Crippen molar-refractivity contribution in [2.75, 3.05) is 22.6 Å². The molecule has 0 N–H and O–H groups in total. The average Bonchev–Trinajstić information content (AvgIpc) is 2.53. The molecule has 0 aliphatic heterocycles. The molecule has 0 amide bonds. The van der Waals surface area contributed by atoms with E-state index in [1.54, 1.807) is 0 Å². The Labute approximate surface area is 155 Å². The highest BCUT2D eigenvalue weighted by molar-refractivity contribution is 9.09. The lowest BCUT2D eigenvalue weighted by Gasteiger charge is -2.03. The maximum absolute atomic E-state index is 5.55. The predicted octanol–water partition coefficient (Wildman–Crippen LogP) is 6.71. The third kappa shape index (κ3) is 16.8. The molecule has 0 aromatic heterocycles. The van der Waals surface area contributed by atoms with Gasteiger partial charge in [0.05, 0.1) is 6.61 Å². The fourth-order valence-electron chi connectivity index (χ4n) is 1.61. The molecule has 0 spiro atoms. The molecule has 0 unspecified atom stereocenters. The second-order valence-corrected chi connectivity index (χ2v) is 7.11. The monoisotopic (exact) mass is 484 g/mol. The maximum Gasteiger partial charge on any atom is 0.0716 e. The molecule has 0 saturated carbocycles. The van der Waals surface area contributed by atoms with Crippen molar-refractivity contribution in [3.63, 3.8) is 0 Å². The summed E-state index contributed by atoms with van der Waals surface area (Å²) in [5, 5.41) is 3.41. The molecular formula is C17H27Br3O. The minimum Gasteiger partial charge on any atom is -0.377 e. The molecule has 1 aromatic carbocycles. The van der Waals surface area contributed by atoms with E-state index in [2.05, 4.69) is 59.9 Å². The molecule has 1 rings (SSSR count). The standard InChI is InChI=1S/C12H17BrO.C5H10Br2/c13-9-5-2-6-10-14-11-12-7-3-1-4-8-12;6-4-2-1-3-5-7/h1,3-4,7-8H,2,5-6,9-11H2;1-5H2. The topological polar surface area (TPSA) is 9.23 Å².